The second-order valence-corrected chi connectivity index (χ2v) is 3.42. The smallest absolute Gasteiger partial charge is 0.244 e. The van der Waals surface area contributed by atoms with Crippen LogP contribution in [0.15, 0.2) is 12.2 Å². The Balaban J connectivity index is 2.64. The predicted octanol–water partition coefficient (Wildman–Crippen LogP) is 0.219. The largest absolute Gasteiger partial charge is 0.366 e. The zero-order chi connectivity index (χ0) is 10.0. The van der Waals surface area contributed by atoms with E-state index < -0.39 is 5.91 Å². The fourth-order valence-electron chi connectivity index (χ4n) is 1.62. The average Bonchev–Trinajstić information content (AvgIpc) is 2.45. The van der Waals surface area contributed by atoms with E-state index in [0.717, 1.165) is 6.42 Å². The zero-order valence-electron chi connectivity index (χ0n) is 7.66. The van der Waals surface area contributed by atoms with Crippen molar-refractivity contribution in [2.24, 2.45) is 11.7 Å². The molecule has 2 N–H and O–H groups in total. The molecule has 0 unspecified atom stereocenters. The highest BCUT2D eigenvalue weighted by Gasteiger charge is 2.31. The Morgan fingerprint density at radius 1 is 1.77 bits per heavy atom. The summed E-state index contributed by atoms with van der Waals surface area (Å²) in [5.74, 6) is -0.413. The molecule has 0 bridgehead atoms. The van der Waals surface area contributed by atoms with E-state index in [4.69, 9.17) is 11.0 Å². The van der Waals surface area contributed by atoms with E-state index in [9.17, 15) is 4.79 Å². The van der Waals surface area contributed by atoms with Crippen LogP contribution in [0, 0.1) is 17.4 Å². The van der Waals surface area contributed by atoms with Gasteiger partial charge >= 0.3 is 0 Å². The number of hydrogen-bond acceptors (Lipinski definition) is 3. The number of likely N-dealkylation sites (tertiary alicyclic amines) is 1. The molecule has 2 atom stereocenters. The first-order chi connectivity index (χ1) is 6.06. The third-order valence-electron chi connectivity index (χ3n) is 2.51. The standard InChI is InChI=1S/C9H13N3O/c1-6-3-8(4-12(6)5-10)7(2)9(11)13/h6,8H,2-4H2,1H3,(H2,11,13)/t6-,8+/m1/s1. The summed E-state index contributed by atoms with van der Waals surface area (Å²) in [5.41, 5.74) is 5.54. The van der Waals surface area contributed by atoms with Crippen LogP contribution in [0.2, 0.25) is 0 Å². The van der Waals surface area contributed by atoms with Crippen molar-refractivity contribution in [2.75, 3.05) is 6.54 Å². The first-order valence-electron chi connectivity index (χ1n) is 4.21. The second-order valence-electron chi connectivity index (χ2n) is 3.42. The van der Waals surface area contributed by atoms with Gasteiger partial charge in [0.05, 0.1) is 0 Å². The van der Waals surface area contributed by atoms with Crippen LogP contribution < -0.4 is 5.73 Å². The van der Waals surface area contributed by atoms with Gasteiger partial charge in [-0.05, 0) is 13.3 Å². The highest BCUT2D eigenvalue weighted by molar-refractivity contribution is 5.91. The van der Waals surface area contributed by atoms with Crippen LogP contribution in [0.4, 0.5) is 0 Å². The Bertz CT molecular complexity index is 279. The van der Waals surface area contributed by atoms with Gasteiger partial charge in [-0.25, -0.2) is 0 Å². The van der Waals surface area contributed by atoms with Crippen LogP contribution >= 0.6 is 0 Å². The Labute approximate surface area is 77.6 Å². The molecule has 1 rings (SSSR count). The van der Waals surface area contributed by atoms with Crippen LogP contribution in [0.3, 0.4) is 0 Å². The molecular weight excluding hydrogens is 166 g/mol. The predicted molar refractivity (Wildman–Crippen MR) is 48.2 cm³/mol. The third kappa shape index (κ3) is 1.81. The van der Waals surface area contributed by atoms with Crippen molar-refractivity contribution >= 4 is 5.91 Å². The molecule has 0 aromatic heterocycles. The summed E-state index contributed by atoms with van der Waals surface area (Å²) in [7, 11) is 0. The minimum atomic E-state index is -0.461. The van der Waals surface area contributed by atoms with Crippen LogP contribution in [-0.2, 0) is 4.79 Å². The lowest BCUT2D eigenvalue weighted by atomic mass is 9.97. The summed E-state index contributed by atoms with van der Waals surface area (Å²) in [6, 6.07) is 0.186. The maximum atomic E-state index is 10.8. The molecule has 70 valence electrons. The molecule has 13 heavy (non-hydrogen) atoms. The van der Waals surface area contributed by atoms with Gasteiger partial charge in [0.25, 0.3) is 0 Å². The van der Waals surface area contributed by atoms with Gasteiger partial charge in [-0.2, -0.15) is 5.26 Å². The van der Waals surface area contributed by atoms with Crippen molar-refractivity contribution in [2.45, 2.75) is 19.4 Å². The number of amides is 1. The van der Waals surface area contributed by atoms with Crippen molar-refractivity contribution in [1.29, 1.82) is 5.26 Å². The lowest BCUT2D eigenvalue weighted by Gasteiger charge is -2.11. The van der Waals surface area contributed by atoms with E-state index >= 15 is 0 Å². The van der Waals surface area contributed by atoms with E-state index in [2.05, 4.69) is 12.8 Å². The Morgan fingerprint density at radius 2 is 2.38 bits per heavy atom. The second kappa shape index (κ2) is 3.48. The minimum absolute atomic E-state index is 0.0483. The number of nitriles is 1. The monoisotopic (exact) mass is 179 g/mol. The number of carbonyl (C=O) groups is 1. The highest BCUT2D eigenvalue weighted by Crippen LogP contribution is 2.26. The molecule has 1 saturated heterocycles. The fraction of sp³-hybridized carbons (Fsp3) is 0.556. The van der Waals surface area contributed by atoms with Gasteiger partial charge < -0.3 is 10.6 Å². The van der Waals surface area contributed by atoms with Crippen molar-refractivity contribution in [3.05, 3.63) is 12.2 Å². The lowest BCUT2D eigenvalue weighted by Crippen LogP contribution is -2.23. The first-order valence-corrected chi connectivity index (χ1v) is 4.21. The average molecular weight is 179 g/mol. The summed E-state index contributed by atoms with van der Waals surface area (Å²) in [5, 5.41) is 8.70. The van der Waals surface area contributed by atoms with Crippen LogP contribution in [-0.4, -0.2) is 23.4 Å². The van der Waals surface area contributed by atoms with Gasteiger partial charge in [0.1, 0.15) is 0 Å². The Morgan fingerprint density at radius 3 is 2.77 bits per heavy atom. The summed E-state index contributed by atoms with van der Waals surface area (Å²) in [6.07, 6.45) is 2.86. The topological polar surface area (TPSA) is 70.1 Å². The van der Waals surface area contributed by atoms with Crippen molar-refractivity contribution in [3.8, 4) is 6.19 Å². The molecule has 1 aliphatic rings. The number of carbonyl (C=O) groups excluding carboxylic acids is 1. The molecule has 0 saturated carbocycles. The van der Waals surface area contributed by atoms with Crippen LogP contribution in [0.5, 0.6) is 0 Å². The number of hydrogen-bond donors (Lipinski definition) is 1. The SMILES string of the molecule is C=C(C(N)=O)[C@H]1C[C@@H](C)N(C#N)C1. The fourth-order valence-corrected chi connectivity index (χ4v) is 1.62. The molecule has 1 amide bonds. The van der Waals surface area contributed by atoms with Crippen LogP contribution in [0.25, 0.3) is 0 Å². The molecule has 1 aliphatic heterocycles. The Kier molecular flexibility index (Phi) is 2.57. The van der Waals surface area contributed by atoms with E-state index in [1.165, 1.54) is 0 Å². The van der Waals surface area contributed by atoms with Gasteiger partial charge in [0.15, 0.2) is 6.19 Å². The molecular formula is C9H13N3O. The molecule has 1 heterocycles. The maximum Gasteiger partial charge on any atom is 0.244 e. The zero-order valence-corrected chi connectivity index (χ0v) is 7.66. The summed E-state index contributed by atoms with van der Waals surface area (Å²) in [6.45, 7) is 6.15. The molecule has 0 radical (unpaired) electrons. The van der Waals surface area contributed by atoms with Gasteiger partial charge in [-0.15, -0.1) is 0 Å². The van der Waals surface area contributed by atoms with Crippen LogP contribution in [0.1, 0.15) is 13.3 Å². The first kappa shape index (κ1) is 9.59. The van der Waals surface area contributed by atoms with Crippen molar-refractivity contribution in [3.63, 3.8) is 0 Å². The Hall–Kier alpha value is -1.50. The summed E-state index contributed by atoms with van der Waals surface area (Å²) in [4.78, 5) is 12.5. The molecule has 0 aliphatic carbocycles. The minimum Gasteiger partial charge on any atom is -0.366 e. The van der Waals surface area contributed by atoms with Gasteiger partial charge in [-0.1, -0.05) is 6.58 Å². The summed E-state index contributed by atoms with van der Waals surface area (Å²) >= 11 is 0. The number of primary amides is 1. The van der Waals surface area contributed by atoms with E-state index in [1.54, 1.807) is 4.90 Å². The number of nitrogens with two attached hydrogens (primary N) is 1. The molecule has 0 spiro atoms. The van der Waals surface area contributed by atoms with E-state index in [1.807, 2.05) is 6.92 Å². The van der Waals surface area contributed by atoms with Crippen molar-refractivity contribution in [1.82, 2.24) is 4.90 Å². The highest BCUT2D eigenvalue weighted by atomic mass is 16.1. The molecule has 1 fully saturated rings. The quantitative estimate of drug-likeness (QED) is 0.487. The van der Waals surface area contributed by atoms with Gasteiger partial charge in [0, 0.05) is 24.1 Å². The molecule has 4 heteroatoms. The van der Waals surface area contributed by atoms with E-state index in [-0.39, 0.29) is 12.0 Å². The van der Waals surface area contributed by atoms with E-state index in [0.29, 0.717) is 12.1 Å². The lowest BCUT2D eigenvalue weighted by molar-refractivity contribution is -0.115. The number of rotatable bonds is 2. The maximum absolute atomic E-state index is 10.8. The normalized spacial score (nSPS) is 26.9. The summed E-state index contributed by atoms with van der Waals surface area (Å²) < 4.78 is 0. The van der Waals surface area contributed by atoms with Gasteiger partial charge in [0.2, 0.25) is 5.91 Å². The third-order valence-corrected chi connectivity index (χ3v) is 2.51. The number of nitrogens with zero attached hydrogens (tertiary/aromatic N) is 2. The molecule has 0 aromatic carbocycles. The van der Waals surface area contributed by atoms with Gasteiger partial charge in [-0.3, -0.25) is 4.79 Å². The molecule has 4 nitrogen and oxygen atoms in total. The molecule has 0 aromatic rings. The van der Waals surface area contributed by atoms with Crippen molar-refractivity contribution < 1.29 is 4.79 Å².